The van der Waals surface area contributed by atoms with Crippen molar-refractivity contribution in [2.75, 3.05) is 0 Å². The molecule has 1 rings (SSSR count). The van der Waals surface area contributed by atoms with E-state index in [2.05, 4.69) is 0 Å². The lowest BCUT2D eigenvalue weighted by molar-refractivity contribution is -0.202. The standard InChI is InChI=1S/C14H26F3NO4Si/c1-8-11(19)9(18-12(20)14(15,16)17)7-10(21-8)22-23(5,6)13(2,3)4/h8-11,19H,7H2,1-6H3,(H,18,20)/t8-,9+,10+,11-/m0/s1. The number of hydrogen-bond donors (Lipinski definition) is 2. The SMILES string of the molecule is C[C@@H]1O[C@H](O[Si](C)(C)C(C)(C)C)C[C@@H](NC(=O)C(F)(F)F)[C@H]1O. The van der Waals surface area contributed by atoms with Gasteiger partial charge < -0.3 is 19.6 Å². The summed E-state index contributed by atoms with van der Waals surface area (Å²) in [5.41, 5.74) is 0. The summed E-state index contributed by atoms with van der Waals surface area (Å²) in [6.45, 7) is 11.6. The van der Waals surface area contributed by atoms with Crippen molar-refractivity contribution >= 4 is 14.2 Å². The summed E-state index contributed by atoms with van der Waals surface area (Å²) in [7, 11) is -2.19. The molecule has 1 aliphatic rings. The summed E-state index contributed by atoms with van der Waals surface area (Å²) in [5.74, 6) is -2.07. The molecule has 0 unspecified atom stereocenters. The molecule has 136 valence electrons. The van der Waals surface area contributed by atoms with E-state index in [0.29, 0.717) is 0 Å². The second kappa shape index (κ2) is 6.70. The molecule has 0 aromatic heterocycles. The quantitative estimate of drug-likeness (QED) is 0.762. The Kier molecular flexibility index (Phi) is 5.94. The summed E-state index contributed by atoms with van der Waals surface area (Å²) in [4.78, 5) is 11.1. The van der Waals surface area contributed by atoms with Gasteiger partial charge in [-0.05, 0) is 25.1 Å². The Bertz CT molecular complexity index is 437. The van der Waals surface area contributed by atoms with Crippen molar-refractivity contribution in [3.8, 4) is 0 Å². The summed E-state index contributed by atoms with van der Waals surface area (Å²) >= 11 is 0. The van der Waals surface area contributed by atoms with Crippen LogP contribution in [0.2, 0.25) is 18.1 Å². The smallest absolute Gasteiger partial charge is 0.392 e. The van der Waals surface area contributed by atoms with E-state index in [1.165, 1.54) is 0 Å². The van der Waals surface area contributed by atoms with E-state index in [1.54, 1.807) is 6.92 Å². The van der Waals surface area contributed by atoms with E-state index in [4.69, 9.17) is 9.16 Å². The van der Waals surface area contributed by atoms with E-state index in [0.717, 1.165) is 0 Å². The average molecular weight is 357 g/mol. The van der Waals surface area contributed by atoms with Crippen LogP contribution in [0.1, 0.15) is 34.1 Å². The molecule has 0 aromatic rings. The first-order valence-corrected chi connectivity index (χ1v) is 10.4. The second-order valence-electron chi connectivity index (χ2n) is 7.45. The molecular formula is C14H26F3NO4Si. The second-order valence-corrected chi connectivity index (χ2v) is 12.2. The van der Waals surface area contributed by atoms with Crippen molar-refractivity contribution in [1.82, 2.24) is 5.32 Å². The molecule has 0 saturated carbocycles. The van der Waals surface area contributed by atoms with Crippen LogP contribution in [0.4, 0.5) is 13.2 Å². The minimum atomic E-state index is -4.99. The van der Waals surface area contributed by atoms with Gasteiger partial charge in [-0.15, -0.1) is 0 Å². The van der Waals surface area contributed by atoms with Gasteiger partial charge in [0.25, 0.3) is 0 Å². The molecule has 0 aliphatic carbocycles. The minimum Gasteiger partial charge on any atom is -0.392 e. The zero-order chi connectivity index (χ0) is 18.2. The number of hydrogen-bond acceptors (Lipinski definition) is 4. The van der Waals surface area contributed by atoms with Gasteiger partial charge in [-0.25, -0.2) is 0 Å². The highest BCUT2D eigenvalue weighted by Crippen LogP contribution is 2.38. The van der Waals surface area contributed by atoms with Crippen molar-refractivity contribution < 1.29 is 32.2 Å². The minimum absolute atomic E-state index is 0.0279. The number of alkyl halides is 3. The van der Waals surface area contributed by atoms with Crippen LogP contribution in [-0.2, 0) is 14.0 Å². The maximum absolute atomic E-state index is 12.4. The number of carbonyl (C=O) groups is 1. The van der Waals surface area contributed by atoms with E-state index in [1.807, 2.05) is 39.2 Å². The van der Waals surface area contributed by atoms with Crippen LogP contribution in [0.5, 0.6) is 0 Å². The molecule has 1 saturated heterocycles. The first-order chi connectivity index (χ1) is 10.1. The van der Waals surface area contributed by atoms with E-state index in [9.17, 15) is 23.1 Å². The highest BCUT2D eigenvalue weighted by atomic mass is 28.4. The number of nitrogens with one attached hydrogen (secondary N) is 1. The number of aliphatic hydroxyl groups is 1. The normalized spacial score (nSPS) is 30.2. The van der Waals surface area contributed by atoms with E-state index < -0.39 is 44.9 Å². The van der Waals surface area contributed by atoms with Gasteiger partial charge in [-0.1, -0.05) is 20.8 Å². The number of carbonyl (C=O) groups excluding carboxylic acids is 1. The topological polar surface area (TPSA) is 67.8 Å². The molecule has 9 heteroatoms. The summed E-state index contributed by atoms with van der Waals surface area (Å²) < 4.78 is 48.8. The maximum Gasteiger partial charge on any atom is 0.471 e. The van der Waals surface area contributed by atoms with Crippen LogP contribution in [0.25, 0.3) is 0 Å². The van der Waals surface area contributed by atoms with Crippen molar-refractivity contribution in [1.29, 1.82) is 0 Å². The van der Waals surface area contributed by atoms with Gasteiger partial charge in [0.15, 0.2) is 8.32 Å². The van der Waals surface area contributed by atoms with Crippen LogP contribution in [-0.4, -0.2) is 50.0 Å². The monoisotopic (exact) mass is 357 g/mol. The molecule has 5 nitrogen and oxygen atoms in total. The van der Waals surface area contributed by atoms with Crippen molar-refractivity contribution in [3.63, 3.8) is 0 Å². The molecule has 4 atom stereocenters. The molecule has 2 N–H and O–H groups in total. The summed E-state index contributed by atoms with van der Waals surface area (Å²) in [6.07, 6.45) is -7.73. The molecule has 1 heterocycles. The highest BCUT2D eigenvalue weighted by molar-refractivity contribution is 6.74. The van der Waals surface area contributed by atoms with E-state index in [-0.39, 0.29) is 11.5 Å². The fourth-order valence-electron chi connectivity index (χ4n) is 2.03. The van der Waals surface area contributed by atoms with Gasteiger partial charge in [0, 0.05) is 6.42 Å². The first-order valence-electron chi connectivity index (χ1n) is 7.54. The van der Waals surface area contributed by atoms with Gasteiger partial charge in [-0.2, -0.15) is 13.2 Å². The third-order valence-corrected chi connectivity index (χ3v) is 8.98. The molecule has 23 heavy (non-hydrogen) atoms. The zero-order valence-electron chi connectivity index (χ0n) is 14.3. The zero-order valence-corrected chi connectivity index (χ0v) is 15.3. The van der Waals surface area contributed by atoms with Crippen molar-refractivity contribution in [2.45, 2.75) is 83.0 Å². The lowest BCUT2D eigenvalue weighted by Gasteiger charge is -2.44. The van der Waals surface area contributed by atoms with Gasteiger partial charge >= 0.3 is 12.1 Å². The molecule has 0 aromatic carbocycles. The largest absolute Gasteiger partial charge is 0.471 e. The summed E-state index contributed by atoms with van der Waals surface area (Å²) in [6, 6.07) is -1.07. The fourth-order valence-corrected chi connectivity index (χ4v) is 3.19. The predicted molar refractivity (Wildman–Crippen MR) is 81.2 cm³/mol. The van der Waals surface area contributed by atoms with Crippen molar-refractivity contribution in [2.24, 2.45) is 0 Å². The molecule has 1 amide bonds. The van der Waals surface area contributed by atoms with Crippen LogP contribution < -0.4 is 5.32 Å². The van der Waals surface area contributed by atoms with Crippen molar-refractivity contribution in [3.05, 3.63) is 0 Å². The molecule has 1 fully saturated rings. The van der Waals surface area contributed by atoms with Gasteiger partial charge in [0.1, 0.15) is 12.4 Å². The van der Waals surface area contributed by atoms with Crippen LogP contribution in [0, 0.1) is 0 Å². The van der Waals surface area contributed by atoms with Crippen LogP contribution in [0.3, 0.4) is 0 Å². The molecule has 0 bridgehead atoms. The number of amides is 1. The molecule has 0 radical (unpaired) electrons. The Balaban J connectivity index is 2.81. The Morgan fingerprint density at radius 2 is 1.83 bits per heavy atom. The van der Waals surface area contributed by atoms with Crippen LogP contribution in [0.15, 0.2) is 0 Å². The van der Waals surface area contributed by atoms with E-state index >= 15 is 0 Å². The third-order valence-electron chi connectivity index (χ3n) is 4.51. The maximum atomic E-state index is 12.4. The van der Waals surface area contributed by atoms with Gasteiger partial charge in [-0.3, -0.25) is 4.79 Å². The Morgan fingerprint density at radius 1 is 1.30 bits per heavy atom. The first kappa shape index (κ1) is 20.4. The lowest BCUT2D eigenvalue weighted by Crippen LogP contribution is -2.59. The number of halogens is 3. The molecule has 1 aliphatic heterocycles. The predicted octanol–water partition coefficient (Wildman–Crippen LogP) is 2.55. The number of ether oxygens (including phenoxy) is 1. The fraction of sp³-hybridized carbons (Fsp3) is 0.929. The third kappa shape index (κ3) is 5.17. The number of rotatable bonds is 3. The highest BCUT2D eigenvalue weighted by Gasteiger charge is 2.46. The Labute approximate surface area is 135 Å². The molecule has 0 spiro atoms. The lowest BCUT2D eigenvalue weighted by atomic mass is 9.99. The summed E-state index contributed by atoms with van der Waals surface area (Å²) in [5, 5.41) is 11.7. The number of aliphatic hydroxyl groups excluding tert-OH is 1. The van der Waals surface area contributed by atoms with Gasteiger partial charge in [0.2, 0.25) is 0 Å². The van der Waals surface area contributed by atoms with Gasteiger partial charge in [0.05, 0.1) is 12.1 Å². The average Bonchev–Trinajstić information content (AvgIpc) is 2.32. The van der Waals surface area contributed by atoms with Crippen LogP contribution >= 0.6 is 0 Å². The Morgan fingerprint density at radius 3 is 2.26 bits per heavy atom. The molecular weight excluding hydrogens is 331 g/mol. The Hall–Kier alpha value is -0.643.